The Morgan fingerprint density at radius 1 is 1.21 bits per heavy atom. The average Bonchev–Trinajstić information content (AvgIpc) is 2.53. The van der Waals surface area contributed by atoms with Crippen LogP contribution in [0.1, 0.15) is 5.56 Å². The van der Waals surface area contributed by atoms with Gasteiger partial charge in [0.15, 0.2) is 6.61 Å². The highest BCUT2D eigenvalue weighted by Gasteiger charge is 2.09. The van der Waals surface area contributed by atoms with E-state index in [-0.39, 0.29) is 33.2 Å². The number of ether oxygens (including phenoxy) is 1. The quantitative estimate of drug-likeness (QED) is 0.394. The zero-order valence-corrected chi connectivity index (χ0v) is 15.7. The minimum absolute atomic E-state index is 0.0371. The molecule has 24 heavy (non-hydrogen) atoms. The number of halogens is 4. The maximum absolute atomic E-state index is 11.7. The Labute approximate surface area is 161 Å². The molecule has 0 spiro atoms. The van der Waals surface area contributed by atoms with E-state index in [1.165, 1.54) is 24.4 Å². The van der Waals surface area contributed by atoms with Crippen molar-refractivity contribution in [3.63, 3.8) is 0 Å². The van der Waals surface area contributed by atoms with E-state index in [0.717, 1.165) is 4.47 Å². The second-order valence-corrected chi connectivity index (χ2v) is 6.62. The Kier molecular flexibility index (Phi) is 6.74. The van der Waals surface area contributed by atoms with E-state index in [1.54, 1.807) is 12.1 Å². The van der Waals surface area contributed by atoms with Crippen LogP contribution in [0.4, 0.5) is 0 Å². The molecule has 0 atom stereocenters. The molecule has 0 radical (unpaired) electrons. The van der Waals surface area contributed by atoms with Crippen LogP contribution < -0.4 is 10.2 Å². The summed E-state index contributed by atoms with van der Waals surface area (Å²) in [5.74, 6) is -0.243. The molecule has 0 aliphatic carbocycles. The summed E-state index contributed by atoms with van der Waals surface area (Å²) in [4.78, 5) is 11.7. The molecule has 0 fully saturated rings. The molecule has 1 amide bonds. The van der Waals surface area contributed by atoms with Crippen molar-refractivity contribution in [1.29, 1.82) is 0 Å². The molecular weight excluding hydrogens is 442 g/mol. The summed E-state index contributed by atoms with van der Waals surface area (Å²) in [5, 5.41) is 14.2. The molecule has 0 aromatic heterocycles. The number of carbonyl (C=O) groups is 1. The highest BCUT2D eigenvalue weighted by atomic mass is 79.9. The van der Waals surface area contributed by atoms with E-state index in [2.05, 4.69) is 26.5 Å². The van der Waals surface area contributed by atoms with Crippen LogP contribution in [0.3, 0.4) is 0 Å². The van der Waals surface area contributed by atoms with Gasteiger partial charge >= 0.3 is 0 Å². The van der Waals surface area contributed by atoms with Crippen LogP contribution in [0, 0.1) is 0 Å². The van der Waals surface area contributed by atoms with E-state index in [0.29, 0.717) is 5.56 Å². The van der Waals surface area contributed by atoms with Crippen LogP contribution in [0.5, 0.6) is 11.5 Å². The third kappa shape index (κ3) is 5.27. The monoisotopic (exact) mass is 450 g/mol. The van der Waals surface area contributed by atoms with Crippen molar-refractivity contribution < 1.29 is 14.6 Å². The molecular formula is C15H10BrCl3N2O3. The SMILES string of the molecule is O=C(COc1cc(Cl)c(Cl)cc1Cl)N/N=C/c1cc(Br)ccc1O. The molecule has 5 nitrogen and oxygen atoms in total. The lowest BCUT2D eigenvalue weighted by Gasteiger charge is -2.08. The zero-order valence-electron chi connectivity index (χ0n) is 11.9. The van der Waals surface area contributed by atoms with E-state index in [1.807, 2.05) is 0 Å². The second kappa shape index (κ2) is 8.58. The van der Waals surface area contributed by atoms with Crippen LogP contribution in [0.2, 0.25) is 15.1 Å². The average molecular weight is 453 g/mol. The van der Waals surface area contributed by atoms with Crippen molar-refractivity contribution in [1.82, 2.24) is 5.43 Å². The van der Waals surface area contributed by atoms with Crippen LogP contribution in [0.15, 0.2) is 39.9 Å². The fourth-order valence-corrected chi connectivity index (χ4v) is 2.56. The number of aromatic hydroxyl groups is 1. The molecule has 2 N–H and O–H groups in total. The first kappa shape index (κ1) is 18.9. The summed E-state index contributed by atoms with van der Waals surface area (Å²) in [6, 6.07) is 7.68. The lowest BCUT2D eigenvalue weighted by Crippen LogP contribution is -2.24. The predicted octanol–water partition coefficient (Wildman–Crippen LogP) is 4.64. The molecule has 0 heterocycles. The molecule has 2 aromatic carbocycles. The summed E-state index contributed by atoms with van der Waals surface area (Å²) in [7, 11) is 0. The predicted molar refractivity (Wildman–Crippen MR) is 98.5 cm³/mol. The number of rotatable bonds is 5. The maximum atomic E-state index is 11.7. The van der Waals surface area contributed by atoms with Crippen LogP contribution in [0.25, 0.3) is 0 Å². The van der Waals surface area contributed by atoms with Crippen LogP contribution >= 0.6 is 50.7 Å². The molecule has 2 rings (SSSR count). The van der Waals surface area contributed by atoms with Crippen molar-refractivity contribution in [3.05, 3.63) is 55.4 Å². The molecule has 9 heteroatoms. The van der Waals surface area contributed by atoms with Crippen molar-refractivity contribution >= 4 is 62.9 Å². The standard InChI is InChI=1S/C15H10BrCl3N2O3/c16-9-1-2-13(22)8(3-9)6-20-21-15(23)7-24-14-5-11(18)10(17)4-12(14)19/h1-6,22H,7H2,(H,21,23)/b20-6+. The van der Waals surface area contributed by atoms with Gasteiger partial charge in [-0.25, -0.2) is 5.43 Å². The number of nitrogens with one attached hydrogen (secondary N) is 1. The fraction of sp³-hybridized carbons (Fsp3) is 0.0667. The molecule has 126 valence electrons. The van der Waals surface area contributed by atoms with Gasteiger partial charge in [0, 0.05) is 16.1 Å². The lowest BCUT2D eigenvalue weighted by atomic mass is 10.2. The Balaban J connectivity index is 1.91. The van der Waals surface area contributed by atoms with Crippen molar-refractivity contribution in [3.8, 4) is 11.5 Å². The van der Waals surface area contributed by atoms with Gasteiger partial charge in [0.05, 0.1) is 21.3 Å². The number of hydrazone groups is 1. The van der Waals surface area contributed by atoms with Gasteiger partial charge in [0.1, 0.15) is 11.5 Å². The Morgan fingerprint density at radius 2 is 1.92 bits per heavy atom. The van der Waals surface area contributed by atoms with Crippen LogP contribution in [-0.4, -0.2) is 23.8 Å². The van der Waals surface area contributed by atoms with Crippen LogP contribution in [-0.2, 0) is 4.79 Å². The van der Waals surface area contributed by atoms with Gasteiger partial charge in [0.25, 0.3) is 5.91 Å². The van der Waals surface area contributed by atoms with Gasteiger partial charge in [-0.1, -0.05) is 50.7 Å². The fourth-order valence-electron chi connectivity index (χ4n) is 1.59. The second-order valence-electron chi connectivity index (χ2n) is 4.48. The minimum Gasteiger partial charge on any atom is -0.507 e. The topological polar surface area (TPSA) is 70.9 Å². The third-order valence-electron chi connectivity index (χ3n) is 2.72. The minimum atomic E-state index is -0.511. The summed E-state index contributed by atoms with van der Waals surface area (Å²) < 4.78 is 6.03. The number of amides is 1. The Morgan fingerprint density at radius 3 is 2.67 bits per heavy atom. The van der Waals surface area contributed by atoms with E-state index in [4.69, 9.17) is 39.5 Å². The van der Waals surface area contributed by atoms with E-state index < -0.39 is 5.91 Å². The van der Waals surface area contributed by atoms with Gasteiger partial charge in [-0.05, 0) is 24.3 Å². The highest BCUT2D eigenvalue weighted by molar-refractivity contribution is 9.10. The number of phenolic OH excluding ortho intramolecular Hbond substituents is 1. The number of hydrogen-bond acceptors (Lipinski definition) is 4. The van der Waals surface area contributed by atoms with E-state index >= 15 is 0 Å². The third-order valence-corrected chi connectivity index (χ3v) is 4.23. The van der Waals surface area contributed by atoms with E-state index in [9.17, 15) is 9.90 Å². The van der Waals surface area contributed by atoms with Gasteiger partial charge in [-0.2, -0.15) is 5.10 Å². The molecule has 0 saturated heterocycles. The molecule has 2 aromatic rings. The zero-order chi connectivity index (χ0) is 17.7. The number of carbonyl (C=O) groups excluding carboxylic acids is 1. The van der Waals surface area contributed by atoms with Gasteiger partial charge in [-0.3, -0.25) is 4.79 Å². The molecule has 0 saturated carbocycles. The molecule has 0 aliphatic heterocycles. The Hall–Kier alpha value is -1.47. The molecule has 0 unspecified atom stereocenters. The Bertz CT molecular complexity index is 800. The highest BCUT2D eigenvalue weighted by Crippen LogP contribution is 2.33. The summed E-state index contributed by atoms with van der Waals surface area (Å²) >= 11 is 20.9. The number of benzene rings is 2. The smallest absolute Gasteiger partial charge is 0.277 e. The summed E-state index contributed by atoms with van der Waals surface area (Å²) in [6.07, 6.45) is 1.31. The van der Waals surface area contributed by atoms with Gasteiger partial charge in [0.2, 0.25) is 0 Å². The first-order valence-electron chi connectivity index (χ1n) is 6.44. The molecule has 0 bridgehead atoms. The first-order valence-corrected chi connectivity index (χ1v) is 8.37. The van der Waals surface area contributed by atoms with Crippen molar-refractivity contribution in [2.45, 2.75) is 0 Å². The maximum Gasteiger partial charge on any atom is 0.277 e. The summed E-state index contributed by atoms with van der Waals surface area (Å²) in [5.41, 5.74) is 2.71. The summed E-state index contributed by atoms with van der Waals surface area (Å²) in [6.45, 7) is -0.320. The number of phenols is 1. The number of nitrogens with zero attached hydrogens (tertiary/aromatic N) is 1. The van der Waals surface area contributed by atoms with Crippen molar-refractivity contribution in [2.75, 3.05) is 6.61 Å². The largest absolute Gasteiger partial charge is 0.507 e. The first-order chi connectivity index (χ1) is 11.4. The lowest BCUT2D eigenvalue weighted by molar-refractivity contribution is -0.123. The molecule has 0 aliphatic rings. The van der Waals surface area contributed by atoms with Gasteiger partial charge in [-0.15, -0.1) is 0 Å². The van der Waals surface area contributed by atoms with Gasteiger partial charge < -0.3 is 9.84 Å². The normalized spacial score (nSPS) is 10.8. The number of hydrogen-bond donors (Lipinski definition) is 2. The van der Waals surface area contributed by atoms with Crippen molar-refractivity contribution in [2.24, 2.45) is 5.10 Å².